The van der Waals surface area contributed by atoms with Gasteiger partial charge < -0.3 is 0 Å². The molecule has 0 bridgehead atoms. The molecular formula is C34H35F. The van der Waals surface area contributed by atoms with Gasteiger partial charge in [-0.2, -0.15) is 0 Å². The SMILES string of the molecule is C/C=C/CCc1ccc(-c2ccc(CCc3ccc(CC(C)c4ccccc4)cc3)cc2)cc1F. The molecule has 1 atom stereocenters. The third kappa shape index (κ3) is 7.02. The maximum Gasteiger partial charge on any atom is 0.127 e. The molecule has 0 saturated carbocycles. The Kier molecular flexibility index (Phi) is 8.68. The average molecular weight is 463 g/mol. The number of hydrogen-bond acceptors (Lipinski definition) is 0. The highest BCUT2D eigenvalue weighted by Crippen LogP contribution is 2.24. The molecule has 0 aliphatic rings. The van der Waals surface area contributed by atoms with Gasteiger partial charge in [0.1, 0.15) is 5.82 Å². The first kappa shape index (κ1) is 24.7. The van der Waals surface area contributed by atoms with Crippen molar-refractivity contribution in [1.29, 1.82) is 0 Å². The van der Waals surface area contributed by atoms with Crippen LogP contribution in [0.25, 0.3) is 11.1 Å². The summed E-state index contributed by atoms with van der Waals surface area (Å²) in [5.74, 6) is 0.404. The summed E-state index contributed by atoms with van der Waals surface area (Å²) in [5, 5.41) is 0. The third-order valence-corrected chi connectivity index (χ3v) is 6.79. The molecule has 0 saturated heterocycles. The van der Waals surface area contributed by atoms with E-state index in [4.69, 9.17) is 0 Å². The summed E-state index contributed by atoms with van der Waals surface area (Å²) in [6, 6.07) is 34.0. The number of rotatable bonds is 10. The number of hydrogen-bond donors (Lipinski definition) is 0. The molecule has 0 fully saturated rings. The van der Waals surface area contributed by atoms with Crippen molar-refractivity contribution in [2.45, 2.75) is 51.9 Å². The zero-order valence-electron chi connectivity index (χ0n) is 20.9. The van der Waals surface area contributed by atoms with E-state index in [0.717, 1.165) is 48.8 Å². The van der Waals surface area contributed by atoms with E-state index in [9.17, 15) is 4.39 Å². The first-order chi connectivity index (χ1) is 17.1. The minimum atomic E-state index is -0.113. The van der Waals surface area contributed by atoms with Crippen molar-refractivity contribution >= 4 is 0 Å². The fraction of sp³-hybridized carbons (Fsp3) is 0.235. The Balaban J connectivity index is 1.31. The molecule has 0 aliphatic heterocycles. The van der Waals surface area contributed by atoms with E-state index in [2.05, 4.69) is 91.9 Å². The summed E-state index contributed by atoms with van der Waals surface area (Å²) in [5.41, 5.74) is 8.22. The smallest absolute Gasteiger partial charge is 0.127 e. The van der Waals surface area contributed by atoms with Gasteiger partial charge in [0.25, 0.3) is 0 Å². The van der Waals surface area contributed by atoms with Gasteiger partial charge in [-0.25, -0.2) is 4.39 Å². The van der Waals surface area contributed by atoms with Crippen molar-refractivity contribution in [2.75, 3.05) is 0 Å². The molecular weight excluding hydrogens is 427 g/mol. The molecule has 35 heavy (non-hydrogen) atoms. The third-order valence-electron chi connectivity index (χ3n) is 6.79. The van der Waals surface area contributed by atoms with E-state index in [0.29, 0.717) is 5.92 Å². The molecule has 1 unspecified atom stereocenters. The van der Waals surface area contributed by atoms with Crippen LogP contribution < -0.4 is 0 Å². The second-order valence-corrected chi connectivity index (χ2v) is 9.44. The monoisotopic (exact) mass is 462 g/mol. The molecule has 1 heteroatoms. The van der Waals surface area contributed by atoms with E-state index >= 15 is 0 Å². The van der Waals surface area contributed by atoms with E-state index in [1.807, 2.05) is 25.1 Å². The molecule has 0 N–H and O–H groups in total. The minimum absolute atomic E-state index is 0.113. The Morgan fingerprint density at radius 3 is 1.91 bits per heavy atom. The van der Waals surface area contributed by atoms with Crippen LogP contribution >= 0.6 is 0 Å². The quantitative estimate of drug-likeness (QED) is 0.206. The lowest BCUT2D eigenvalue weighted by Gasteiger charge is -2.12. The van der Waals surface area contributed by atoms with E-state index in [-0.39, 0.29) is 5.82 Å². The lowest BCUT2D eigenvalue weighted by atomic mass is 9.93. The summed E-state index contributed by atoms with van der Waals surface area (Å²) >= 11 is 0. The molecule has 0 aromatic heterocycles. The van der Waals surface area contributed by atoms with Crippen molar-refractivity contribution < 1.29 is 4.39 Å². The van der Waals surface area contributed by atoms with Gasteiger partial charge in [0.05, 0.1) is 0 Å². The van der Waals surface area contributed by atoms with Crippen LogP contribution in [0.5, 0.6) is 0 Å². The Morgan fingerprint density at radius 1 is 0.686 bits per heavy atom. The molecule has 0 heterocycles. The predicted octanol–water partition coefficient (Wildman–Crippen LogP) is 9.13. The topological polar surface area (TPSA) is 0 Å². The van der Waals surface area contributed by atoms with Crippen molar-refractivity contribution in [2.24, 2.45) is 0 Å². The molecule has 0 amide bonds. The molecule has 4 aromatic carbocycles. The average Bonchev–Trinajstić information content (AvgIpc) is 2.90. The van der Waals surface area contributed by atoms with Gasteiger partial charge in [0.15, 0.2) is 0 Å². The van der Waals surface area contributed by atoms with Crippen LogP contribution in [0.2, 0.25) is 0 Å². The molecule has 0 spiro atoms. The Morgan fingerprint density at radius 2 is 1.29 bits per heavy atom. The summed E-state index contributed by atoms with van der Waals surface area (Å²) in [4.78, 5) is 0. The fourth-order valence-electron chi connectivity index (χ4n) is 4.58. The zero-order chi connectivity index (χ0) is 24.5. The lowest BCUT2D eigenvalue weighted by Crippen LogP contribution is -1.99. The van der Waals surface area contributed by atoms with Crippen LogP contribution in [0.3, 0.4) is 0 Å². The number of benzene rings is 4. The van der Waals surface area contributed by atoms with Gasteiger partial charge in [-0.15, -0.1) is 0 Å². The first-order valence-corrected chi connectivity index (χ1v) is 12.7. The predicted molar refractivity (Wildman–Crippen MR) is 147 cm³/mol. The normalized spacial score (nSPS) is 12.2. The number of halogens is 1. The van der Waals surface area contributed by atoms with E-state index in [1.165, 1.54) is 22.3 Å². The van der Waals surface area contributed by atoms with Gasteiger partial charge in [-0.1, -0.05) is 110 Å². The zero-order valence-corrected chi connectivity index (χ0v) is 20.9. The highest BCUT2D eigenvalue weighted by atomic mass is 19.1. The van der Waals surface area contributed by atoms with Crippen LogP contribution in [0.1, 0.15) is 54.0 Å². The van der Waals surface area contributed by atoms with Gasteiger partial charge in [-0.05, 0) is 90.0 Å². The molecule has 178 valence electrons. The Labute approximate surface area is 210 Å². The first-order valence-electron chi connectivity index (χ1n) is 12.7. The summed E-state index contributed by atoms with van der Waals surface area (Å²) < 4.78 is 14.5. The van der Waals surface area contributed by atoms with E-state index < -0.39 is 0 Å². The van der Waals surface area contributed by atoms with Gasteiger partial charge in [0, 0.05) is 0 Å². The molecule has 0 nitrogen and oxygen atoms in total. The van der Waals surface area contributed by atoms with Crippen molar-refractivity contribution in [3.05, 3.63) is 143 Å². The van der Waals surface area contributed by atoms with Gasteiger partial charge in [-0.3, -0.25) is 0 Å². The summed E-state index contributed by atoms with van der Waals surface area (Å²) in [6.45, 7) is 4.29. The summed E-state index contributed by atoms with van der Waals surface area (Å²) in [7, 11) is 0. The highest BCUT2D eigenvalue weighted by molar-refractivity contribution is 5.64. The van der Waals surface area contributed by atoms with Crippen molar-refractivity contribution in [1.82, 2.24) is 0 Å². The standard InChI is InChI=1S/C34H35F/c1-3-4-6-11-32-22-23-33(25-34(32)35)31-20-18-28(19-21-31)13-12-27-14-16-29(17-15-27)24-26(2)30-9-7-5-8-10-30/h3-5,7-10,14-23,25-26H,6,11-13,24H2,1-2H3/b4-3+. The highest BCUT2D eigenvalue weighted by Gasteiger charge is 2.07. The van der Waals surface area contributed by atoms with Crippen LogP contribution in [-0.4, -0.2) is 0 Å². The van der Waals surface area contributed by atoms with Crippen molar-refractivity contribution in [3.8, 4) is 11.1 Å². The maximum absolute atomic E-state index is 14.5. The Hall–Kier alpha value is -3.45. The van der Waals surface area contributed by atoms with Gasteiger partial charge >= 0.3 is 0 Å². The van der Waals surface area contributed by atoms with Crippen LogP contribution in [-0.2, 0) is 25.7 Å². The second-order valence-electron chi connectivity index (χ2n) is 9.44. The van der Waals surface area contributed by atoms with Crippen molar-refractivity contribution in [3.63, 3.8) is 0 Å². The maximum atomic E-state index is 14.5. The minimum Gasteiger partial charge on any atom is -0.207 e. The molecule has 4 rings (SSSR count). The van der Waals surface area contributed by atoms with Crippen LogP contribution in [0.4, 0.5) is 4.39 Å². The van der Waals surface area contributed by atoms with Gasteiger partial charge in [0.2, 0.25) is 0 Å². The molecule has 0 radical (unpaired) electrons. The second kappa shape index (κ2) is 12.3. The molecule has 4 aromatic rings. The fourth-order valence-corrected chi connectivity index (χ4v) is 4.58. The molecule has 0 aliphatic carbocycles. The van der Waals surface area contributed by atoms with Crippen LogP contribution in [0, 0.1) is 5.82 Å². The summed E-state index contributed by atoms with van der Waals surface area (Å²) in [6.07, 6.45) is 8.77. The lowest BCUT2D eigenvalue weighted by molar-refractivity contribution is 0.610. The van der Waals surface area contributed by atoms with E-state index in [1.54, 1.807) is 6.07 Å². The largest absolute Gasteiger partial charge is 0.207 e. The Bertz CT molecular complexity index is 1220. The van der Waals surface area contributed by atoms with Crippen LogP contribution in [0.15, 0.2) is 109 Å². The number of aryl methyl sites for hydroxylation is 3. The number of allylic oxidation sites excluding steroid dienone is 2.